The number of benzene rings is 3. The molecule has 0 unspecified atom stereocenters. The van der Waals surface area contributed by atoms with E-state index >= 15 is 0 Å². The van der Waals surface area contributed by atoms with Crippen molar-refractivity contribution in [2.75, 3.05) is 0 Å². The number of alkyl carbamates (subject to hydrolysis) is 1. The number of ether oxygens (including phenoxy) is 1. The SMILES string of the molecule is O=C(N[C@@H](Cc1ccc([N+](=O)[O-])cc1)C(=O)N[C@@H](Cc1ccc(O)cc1)C(=O)O)OCc1ccccc1. The molecular weight excluding hydrogens is 482 g/mol. The van der Waals surface area contributed by atoms with Gasteiger partial charge in [-0.05, 0) is 28.8 Å². The van der Waals surface area contributed by atoms with E-state index < -0.39 is 35.0 Å². The van der Waals surface area contributed by atoms with Crippen LogP contribution in [0.15, 0.2) is 78.9 Å². The molecule has 0 aliphatic heterocycles. The minimum Gasteiger partial charge on any atom is -0.508 e. The number of carboxylic acid groups (broad SMARTS) is 1. The number of amides is 2. The molecule has 3 aromatic carbocycles. The van der Waals surface area contributed by atoms with Crippen molar-refractivity contribution in [3.05, 3.63) is 106 Å². The van der Waals surface area contributed by atoms with Crippen molar-refractivity contribution >= 4 is 23.7 Å². The number of hydrogen-bond donors (Lipinski definition) is 4. The van der Waals surface area contributed by atoms with E-state index in [4.69, 9.17) is 4.74 Å². The van der Waals surface area contributed by atoms with Gasteiger partial charge < -0.3 is 25.6 Å². The Labute approximate surface area is 211 Å². The smallest absolute Gasteiger partial charge is 0.408 e. The van der Waals surface area contributed by atoms with Crippen LogP contribution in [0.25, 0.3) is 0 Å². The zero-order valence-corrected chi connectivity index (χ0v) is 19.6. The van der Waals surface area contributed by atoms with E-state index in [1.54, 1.807) is 24.3 Å². The molecule has 0 saturated carbocycles. The number of aliphatic carboxylic acids is 1. The van der Waals surface area contributed by atoms with E-state index in [0.717, 1.165) is 5.56 Å². The van der Waals surface area contributed by atoms with E-state index in [1.807, 2.05) is 6.07 Å². The minimum absolute atomic E-state index is 0.0148. The highest BCUT2D eigenvalue weighted by Gasteiger charge is 2.28. The molecule has 11 nitrogen and oxygen atoms in total. The van der Waals surface area contributed by atoms with Gasteiger partial charge in [0.05, 0.1) is 4.92 Å². The van der Waals surface area contributed by atoms with Gasteiger partial charge in [-0.15, -0.1) is 0 Å². The molecule has 0 saturated heterocycles. The fraction of sp³-hybridized carbons (Fsp3) is 0.192. The normalized spacial score (nSPS) is 12.1. The van der Waals surface area contributed by atoms with Crippen molar-refractivity contribution in [2.45, 2.75) is 31.5 Å². The second-order valence-corrected chi connectivity index (χ2v) is 8.16. The Balaban J connectivity index is 1.73. The molecule has 192 valence electrons. The van der Waals surface area contributed by atoms with E-state index in [0.29, 0.717) is 11.1 Å². The number of phenolic OH excluding ortho intramolecular Hbond substituents is 1. The van der Waals surface area contributed by atoms with Crippen LogP contribution in [0.3, 0.4) is 0 Å². The number of carboxylic acids is 1. The number of nitrogens with one attached hydrogen (secondary N) is 2. The third-order valence-electron chi connectivity index (χ3n) is 5.40. The predicted octanol–water partition coefficient (Wildman–Crippen LogP) is 2.95. The van der Waals surface area contributed by atoms with Gasteiger partial charge in [-0.1, -0.05) is 54.6 Å². The number of nitro groups is 1. The summed E-state index contributed by atoms with van der Waals surface area (Å²) in [5, 5.41) is 34.9. The van der Waals surface area contributed by atoms with Crippen LogP contribution in [-0.4, -0.2) is 45.2 Å². The fourth-order valence-corrected chi connectivity index (χ4v) is 3.45. The maximum Gasteiger partial charge on any atom is 0.408 e. The number of nitro benzene ring substituents is 1. The van der Waals surface area contributed by atoms with Crippen LogP contribution in [0.2, 0.25) is 0 Å². The predicted molar refractivity (Wildman–Crippen MR) is 132 cm³/mol. The summed E-state index contributed by atoms with van der Waals surface area (Å²) in [7, 11) is 0. The summed E-state index contributed by atoms with van der Waals surface area (Å²) in [6.07, 6.45) is -1.03. The number of phenols is 1. The lowest BCUT2D eigenvalue weighted by Crippen LogP contribution is -2.53. The summed E-state index contributed by atoms with van der Waals surface area (Å²) in [6, 6.07) is 17.6. The highest BCUT2D eigenvalue weighted by molar-refractivity contribution is 5.89. The van der Waals surface area contributed by atoms with Gasteiger partial charge in [0.2, 0.25) is 5.91 Å². The van der Waals surface area contributed by atoms with Gasteiger partial charge in [-0.3, -0.25) is 14.9 Å². The quantitative estimate of drug-likeness (QED) is 0.227. The summed E-state index contributed by atoms with van der Waals surface area (Å²) >= 11 is 0. The van der Waals surface area contributed by atoms with Crippen molar-refractivity contribution in [1.29, 1.82) is 0 Å². The first-order chi connectivity index (χ1) is 17.7. The number of aromatic hydroxyl groups is 1. The standard InChI is InChI=1S/C26H25N3O8/c30-21-12-8-18(9-13-21)15-23(25(32)33)27-24(31)22(14-17-6-10-20(11-7-17)29(35)36)28-26(34)37-16-19-4-2-1-3-5-19/h1-13,22-23,30H,14-16H2,(H,27,31)(H,28,34)(H,32,33)/t22-,23-/m0/s1. The third-order valence-corrected chi connectivity index (χ3v) is 5.40. The Morgan fingerprint density at radius 1 is 0.811 bits per heavy atom. The van der Waals surface area contributed by atoms with Gasteiger partial charge in [0.25, 0.3) is 5.69 Å². The van der Waals surface area contributed by atoms with Gasteiger partial charge in [0.15, 0.2) is 0 Å². The topological polar surface area (TPSA) is 168 Å². The first kappa shape index (κ1) is 26.7. The Bertz CT molecular complexity index is 1230. The van der Waals surface area contributed by atoms with Crippen molar-refractivity contribution in [3.8, 4) is 5.75 Å². The molecule has 0 spiro atoms. The monoisotopic (exact) mass is 507 g/mol. The van der Waals surface area contributed by atoms with E-state index in [2.05, 4.69) is 10.6 Å². The number of carbonyl (C=O) groups excluding carboxylic acids is 2. The Morgan fingerprint density at radius 2 is 1.38 bits per heavy atom. The number of non-ortho nitro benzene ring substituents is 1. The summed E-state index contributed by atoms with van der Waals surface area (Å²) in [5.41, 5.74) is 1.65. The lowest BCUT2D eigenvalue weighted by atomic mass is 10.0. The molecule has 0 aliphatic carbocycles. The zero-order valence-electron chi connectivity index (χ0n) is 19.6. The summed E-state index contributed by atoms with van der Waals surface area (Å²) in [4.78, 5) is 47.8. The molecule has 11 heteroatoms. The van der Waals surface area contributed by atoms with Gasteiger partial charge in [0.1, 0.15) is 24.4 Å². The van der Waals surface area contributed by atoms with Gasteiger partial charge in [-0.25, -0.2) is 9.59 Å². The largest absolute Gasteiger partial charge is 0.508 e. The lowest BCUT2D eigenvalue weighted by molar-refractivity contribution is -0.384. The highest BCUT2D eigenvalue weighted by atomic mass is 16.6. The number of rotatable bonds is 11. The summed E-state index contributed by atoms with van der Waals surface area (Å²) < 4.78 is 5.20. The van der Waals surface area contributed by atoms with Crippen LogP contribution in [-0.2, 0) is 33.8 Å². The molecule has 3 rings (SSSR count). The highest BCUT2D eigenvalue weighted by Crippen LogP contribution is 2.15. The van der Waals surface area contributed by atoms with Crippen molar-refractivity contribution in [3.63, 3.8) is 0 Å². The molecule has 3 aromatic rings. The van der Waals surface area contributed by atoms with E-state index in [9.17, 15) is 34.7 Å². The van der Waals surface area contributed by atoms with Crippen LogP contribution in [0.4, 0.5) is 10.5 Å². The van der Waals surface area contributed by atoms with E-state index in [1.165, 1.54) is 48.5 Å². The van der Waals surface area contributed by atoms with Crippen molar-refractivity contribution < 1.29 is 34.3 Å². The maximum absolute atomic E-state index is 13.1. The molecule has 37 heavy (non-hydrogen) atoms. The van der Waals surface area contributed by atoms with Crippen molar-refractivity contribution in [1.82, 2.24) is 10.6 Å². The molecule has 0 aromatic heterocycles. The zero-order chi connectivity index (χ0) is 26.8. The molecule has 0 aliphatic rings. The van der Waals surface area contributed by atoms with Crippen LogP contribution >= 0.6 is 0 Å². The maximum atomic E-state index is 13.1. The summed E-state index contributed by atoms with van der Waals surface area (Å²) in [6.45, 7) is -0.0445. The second-order valence-electron chi connectivity index (χ2n) is 8.16. The average Bonchev–Trinajstić information content (AvgIpc) is 2.88. The molecular formula is C26H25N3O8. The van der Waals surface area contributed by atoms with Crippen LogP contribution in [0.1, 0.15) is 16.7 Å². The fourth-order valence-electron chi connectivity index (χ4n) is 3.45. The first-order valence-electron chi connectivity index (χ1n) is 11.2. The molecule has 0 fully saturated rings. The molecule has 2 atom stereocenters. The number of carbonyl (C=O) groups is 3. The average molecular weight is 507 g/mol. The van der Waals surface area contributed by atoms with Gasteiger partial charge in [0, 0.05) is 25.0 Å². The van der Waals surface area contributed by atoms with E-state index in [-0.39, 0.29) is 30.9 Å². The van der Waals surface area contributed by atoms with Gasteiger partial charge >= 0.3 is 12.1 Å². The van der Waals surface area contributed by atoms with Crippen LogP contribution < -0.4 is 10.6 Å². The number of hydrogen-bond acceptors (Lipinski definition) is 7. The number of nitrogens with zero attached hydrogens (tertiary/aromatic N) is 1. The molecule has 2 amide bonds. The summed E-state index contributed by atoms with van der Waals surface area (Å²) in [5.74, 6) is -2.05. The Kier molecular flexibility index (Phi) is 9.14. The second kappa shape index (κ2) is 12.7. The minimum atomic E-state index is -1.32. The van der Waals surface area contributed by atoms with Gasteiger partial charge in [-0.2, -0.15) is 0 Å². The van der Waals surface area contributed by atoms with Crippen LogP contribution in [0.5, 0.6) is 5.75 Å². The van der Waals surface area contributed by atoms with Crippen molar-refractivity contribution in [2.24, 2.45) is 0 Å². The molecule has 4 N–H and O–H groups in total. The molecule has 0 bridgehead atoms. The van der Waals surface area contributed by atoms with Crippen LogP contribution in [0, 0.1) is 10.1 Å². The third kappa shape index (κ3) is 8.35. The molecule has 0 radical (unpaired) electrons. The first-order valence-corrected chi connectivity index (χ1v) is 11.2. The Hall–Kier alpha value is -4.93. The Morgan fingerprint density at radius 3 is 1.95 bits per heavy atom. The molecule has 0 heterocycles. The lowest BCUT2D eigenvalue weighted by Gasteiger charge is -2.21.